The van der Waals surface area contributed by atoms with Gasteiger partial charge in [-0.1, -0.05) is 12.1 Å². The zero-order chi connectivity index (χ0) is 15.2. The number of hydrogen-bond donors (Lipinski definition) is 0. The number of benzene rings is 1. The van der Waals surface area contributed by atoms with Gasteiger partial charge >= 0.3 is 0 Å². The minimum Gasteiger partial charge on any atom is -0.490 e. The van der Waals surface area contributed by atoms with E-state index in [9.17, 15) is 0 Å². The van der Waals surface area contributed by atoms with Gasteiger partial charge in [0.25, 0.3) is 0 Å². The number of rotatable bonds is 6. The highest BCUT2D eigenvalue weighted by Crippen LogP contribution is 2.17. The predicted octanol–water partition coefficient (Wildman–Crippen LogP) is 3.03. The standard InChI is InChI=1S/C17H17N3O2/c1-14-18-9-10-20(14)15-5-4-6-16(13-15)21-11-12-22-17-7-2-3-8-19-17/h2-10,13H,11-12H2,1H3. The molecule has 0 amide bonds. The van der Waals surface area contributed by atoms with E-state index in [0.717, 1.165) is 17.3 Å². The van der Waals surface area contributed by atoms with Gasteiger partial charge in [-0.15, -0.1) is 0 Å². The maximum Gasteiger partial charge on any atom is 0.213 e. The van der Waals surface area contributed by atoms with Gasteiger partial charge in [0.1, 0.15) is 24.8 Å². The zero-order valence-electron chi connectivity index (χ0n) is 12.3. The molecule has 3 aromatic rings. The second kappa shape index (κ2) is 6.76. The van der Waals surface area contributed by atoms with Gasteiger partial charge in [-0.25, -0.2) is 9.97 Å². The molecule has 2 aromatic heterocycles. The number of imidazole rings is 1. The fraction of sp³-hybridized carbons (Fsp3) is 0.176. The maximum absolute atomic E-state index is 5.72. The van der Waals surface area contributed by atoms with Gasteiger partial charge in [0, 0.05) is 30.7 Å². The quantitative estimate of drug-likeness (QED) is 0.656. The Kier molecular flexibility index (Phi) is 4.34. The van der Waals surface area contributed by atoms with Crippen molar-refractivity contribution in [1.29, 1.82) is 0 Å². The highest BCUT2D eigenvalue weighted by molar-refractivity contribution is 5.40. The first-order valence-electron chi connectivity index (χ1n) is 7.10. The molecule has 3 rings (SSSR count). The summed E-state index contributed by atoms with van der Waals surface area (Å²) in [6.45, 7) is 2.88. The molecule has 1 aromatic carbocycles. The molecule has 0 atom stereocenters. The summed E-state index contributed by atoms with van der Waals surface area (Å²) in [5, 5.41) is 0. The lowest BCUT2D eigenvalue weighted by Crippen LogP contribution is -2.09. The zero-order valence-corrected chi connectivity index (χ0v) is 12.3. The van der Waals surface area contributed by atoms with Gasteiger partial charge < -0.3 is 14.0 Å². The first-order valence-corrected chi connectivity index (χ1v) is 7.10. The Balaban J connectivity index is 1.56. The summed E-state index contributed by atoms with van der Waals surface area (Å²) in [4.78, 5) is 8.32. The van der Waals surface area contributed by atoms with Crippen LogP contribution in [0.4, 0.5) is 0 Å². The van der Waals surface area contributed by atoms with E-state index < -0.39 is 0 Å². The largest absolute Gasteiger partial charge is 0.490 e. The molecule has 5 nitrogen and oxygen atoms in total. The van der Waals surface area contributed by atoms with Crippen LogP contribution in [-0.4, -0.2) is 27.7 Å². The van der Waals surface area contributed by atoms with Crippen LogP contribution in [0, 0.1) is 6.92 Å². The molecule has 22 heavy (non-hydrogen) atoms. The van der Waals surface area contributed by atoms with Crippen molar-refractivity contribution in [1.82, 2.24) is 14.5 Å². The highest BCUT2D eigenvalue weighted by Gasteiger charge is 2.02. The normalized spacial score (nSPS) is 10.4. The van der Waals surface area contributed by atoms with E-state index in [0.29, 0.717) is 19.1 Å². The molecule has 0 unspecified atom stereocenters. The lowest BCUT2D eigenvalue weighted by Gasteiger charge is -2.10. The maximum atomic E-state index is 5.72. The minimum absolute atomic E-state index is 0.450. The molecular weight excluding hydrogens is 278 g/mol. The van der Waals surface area contributed by atoms with Gasteiger partial charge in [0.15, 0.2) is 0 Å². The van der Waals surface area contributed by atoms with Crippen molar-refractivity contribution in [3.05, 3.63) is 66.9 Å². The fourth-order valence-corrected chi connectivity index (χ4v) is 2.11. The average molecular weight is 295 g/mol. The van der Waals surface area contributed by atoms with E-state index in [1.54, 1.807) is 12.4 Å². The van der Waals surface area contributed by atoms with Crippen molar-refractivity contribution in [3.63, 3.8) is 0 Å². The summed E-state index contributed by atoms with van der Waals surface area (Å²) >= 11 is 0. The highest BCUT2D eigenvalue weighted by atomic mass is 16.5. The summed E-state index contributed by atoms with van der Waals surface area (Å²) in [5.41, 5.74) is 1.03. The first-order chi connectivity index (χ1) is 10.8. The Morgan fingerprint density at radius 1 is 0.955 bits per heavy atom. The Hall–Kier alpha value is -2.82. The van der Waals surface area contributed by atoms with Crippen LogP contribution in [0.3, 0.4) is 0 Å². The lowest BCUT2D eigenvalue weighted by molar-refractivity contribution is 0.212. The number of aromatic nitrogens is 3. The summed E-state index contributed by atoms with van der Waals surface area (Å²) < 4.78 is 13.2. The Morgan fingerprint density at radius 3 is 2.64 bits per heavy atom. The van der Waals surface area contributed by atoms with E-state index in [1.165, 1.54) is 0 Å². The van der Waals surface area contributed by atoms with Gasteiger partial charge in [0.05, 0.1) is 5.69 Å². The van der Waals surface area contributed by atoms with Gasteiger partial charge in [-0.05, 0) is 25.1 Å². The lowest BCUT2D eigenvalue weighted by atomic mass is 10.3. The van der Waals surface area contributed by atoms with Crippen molar-refractivity contribution in [2.24, 2.45) is 0 Å². The topological polar surface area (TPSA) is 49.2 Å². The molecule has 0 saturated carbocycles. The van der Waals surface area contributed by atoms with Crippen molar-refractivity contribution in [3.8, 4) is 17.3 Å². The van der Waals surface area contributed by atoms with Crippen LogP contribution in [-0.2, 0) is 0 Å². The van der Waals surface area contributed by atoms with Gasteiger partial charge in [-0.3, -0.25) is 0 Å². The van der Waals surface area contributed by atoms with Crippen molar-refractivity contribution in [2.45, 2.75) is 6.92 Å². The van der Waals surface area contributed by atoms with Crippen LogP contribution in [0.5, 0.6) is 11.6 Å². The first kappa shape index (κ1) is 14.1. The minimum atomic E-state index is 0.450. The van der Waals surface area contributed by atoms with Crippen LogP contribution in [0.15, 0.2) is 61.1 Å². The number of pyridine rings is 1. The van der Waals surface area contributed by atoms with Crippen LogP contribution >= 0.6 is 0 Å². The summed E-state index contributed by atoms with van der Waals surface area (Å²) in [6.07, 6.45) is 5.41. The summed E-state index contributed by atoms with van der Waals surface area (Å²) in [6, 6.07) is 13.5. The molecule has 5 heteroatoms. The second-order valence-corrected chi connectivity index (χ2v) is 4.71. The van der Waals surface area contributed by atoms with Crippen molar-refractivity contribution in [2.75, 3.05) is 13.2 Å². The van der Waals surface area contributed by atoms with Crippen molar-refractivity contribution >= 4 is 0 Å². The molecule has 112 valence electrons. The predicted molar refractivity (Wildman–Crippen MR) is 83.5 cm³/mol. The number of nitrogens with zero attached hydrogens (tertiary/aromatic N) is 3. The second-order valence-electron chi connectivity index (χ2n) is 4.71. The Morgan fingerprint density at radius 2 is 1.86 bits per heavy atom. The van der Waals surface area contributed by atoms with E-state index >= 15 is 0 Å². The van der Waals surface area contributed by atoms with E-state index in [4.69, 9.17) is 9.47 Å². The average Bonchev–Trinajstić information content (AvgIpc) is 2.99. The van der Waals surface area contributed by atoms with Gasteiger partial charge in [0.2, 0.25) is 5.88 Å². The Labute approximate surface area is 129 Å². The van der Waals surface area contributed by atoms with E-state index in [2.05, 4.69) is 9.97 Å². The summed E-state index contributed by atoms with van der Waals surface area (Å²) in [5.74, 6) is 2.35. The third-order valence-electron chi connectivity index (χ3n) is 3.16. The van der Waals surface area contributed by atoms with Gasteiger partial charge in [-0.2, -0.15) is 0 Å². The molecule has 0 fully saturated rings. The molecule has 0 aliphatic rings. The van der Waals surface area contributed by atoms with E-state index in [-0.39, 0.29) is 0 Å². The third-order valence-corrected chi connectivity index (χ3v) is 3.16. The smallest absolute Gasteiger partial charge is 0.213 e. The third kappa shape index (κ3) is 3.44. The van der Waals surface area contributed by atoms with E-state index in [1.807, 2.05) is 60.2 Å². The van der Waals surface area contributed by atoms with Crippen LogP contribution in [0.25, 0.3) is 5.69 Å². The van der Waals surface area contributed by atoms with Crippen LogP contribution in [0.1, 0.15) is 5.82 Å². The molecule has 0 aliphatic heterocycles. The van der Waals surface area contributed by atoms with Crippen LogP contribution in [0.2, 0.25) is 0 Å². The molecule has 0 aliphatic carbocycles. The SMILES string of the molecule is Cc1nccn1-c1cccc(OCCOc2ccccn2)c1. The molecule has 0 radical (unpaired) electrons. The molecule has 0 saturated heterocycles. The summed E-state index contributed by atoms with van der Waals surface area (Å²) in [7, 11) is 0. The molecular formula is C17H17N3O2. The number of aryl methyl sites for hydroxylation is 1. The number of hydrogen-bond acceptors (Lipinski definition) is 4. The number of ether oxygens (including phenoxy) is 2. The monoisotopic (exact) mass is 295 g/mol. The Bertz CT molecular complexity index is 726. The molecule has 0 bridgehead atoms. The van der Waals surface area contributed by atoms with Crippen molar-refractivity contribution < 1.29 is 9.47 Å². The van der Waals surface area contributed by atoms with Crippen LogP contribution < -0.4 is 9.47 Å². The molecule has 0 N–H and O–H groups in total. The fourth-order valence-electron chi connectivity index (χ4n) is 2.11. The molecule has 0 spiro atoms. The molecule has 2 heterocycles.